The standard InChI is InChI=1S/C25H27NO6/c1-29-18-8-7-17(21(14-18)30-2)13-23-25(28)20-10-9-19(15-22(20)32-23)31-16-24(27)26-11-5-3-4-6-12-26/h7-10,13-15H,3-6,11-12,16H2,1-2H3. The van der Waals surface area contributed by atoms with Gasteiger partial charge in [-0.3, -0.25) is 9.59 Å². The highest BCUT2D eigenvalue weighted by molar-refractivity contribution is 6.14. The number of fused-ring (bicyclic) bond motifs is 1. The number of methoxy groups -OCH3 is 2. The molecule has 1 fully saturated rings. The van der Waals surface area contributed by atoms with Crippen molar-refractivity contribution in [2.75, 3.05) is 33.9 Å². The highest BCUT2D eigenvalue weighted by Gasteiger charge is 2.28. The van der Waals surface area contributed by atoms with Gasteiger partial charge in [0.05, 0.1) is 19.8 Å². The molecule has 7 heteroatoms. The Morgan fingerprint density at radius 1 is 1.00 bits per heavy atom. The molecule has 0 atom stereocenters. The predicted octanol–water partition coefficient (Wildman–Crippen LogP) is 4.10. The van der Waals surface area contributed by atoms with E-state index in [1.165, 1.54) is 12.8 Å². The van der Waals surface area contributed by atoms with Gasteiger partial charge in [0, 0.05) is 30.8 Å². The highest BCUT2D eigenvalue weighted by Crippen LogP contribution is 2.36. The number of rotatable bonds is 6. The van der Waals surface area contributed by atoms with Crippen molar-refractivity contribution in [3.8, 4) is 23.0 Å². The molecule has 32 heavy (non-hydrogen) atoms. The van der Waals surface area contributed by atoms with E-state index in [2.05, 4.69) is 0 Å². The number of nitrogens with zero attached hydrogens (tertiary/aromatic N) is 1. The van der Waals surface area contributed by atoms with E-state index in [-0.39, 0.29) is 24.1 Å². The Bertz CT molecular complexity index is 1040. The number of benzene rings is 2. The summed E-state index contributed by atoms with van der Waals surface area (Å²) < 4.78 is 22.1. The molecule has 1 saturated heterocycles. The first-order valence-electron chi connectivity index (χ1n) is 10.8. The van der Waals surface area contributed by atoms with E-state index >= 15 is 0 Å². The number of ether oxygens (including phenoxy) is 4. The molecule has 4 rings (SSSR count). The van der Waals surface area contributed by atoms with Crippen LogP contribution in [0.25, 0.3) is 6.08 Å². The second-order valence-corrected chi connectivity index (χ2v) is 7.79. The molecule has 1 amide bonds. The lowest BCUT2D eigenvalue weighted by Crippen LogP contribution is -2.35. The van der Waals surface area contributed by atoms with E-state index in [9.17, 15) is 9.59 Å². The summed E-state index contributed by atoms with van der Waals surface area (Å²) in [5, 5.41) is 0. The first-order chi connectivity index (χ1) is 15.6. The Hall–Kier alpha value is -3.48. The average Bonchev–Trinajstić information content (AvgIpc) is 2.99. The van der Waals surface area contributed by atoms with Gasteiger partial charge in [-0.15, -0.1) is 0 Å². The quantitative estimate of drug-likeness (QED) is 0.634. The number of carbonyl (C=O) groups excluding carboxylic acids is 2. The van der Waals surface area contributed by atoms with Crippen LogP contribution in [0.15, 0.2) is 42.2 Å². The lowest BCUT2D eigenvalue weighted by molar-refractivity contribution is -0.133. The van der Waals surface area contributed by atoms with Gasteiger partial charge in [-0.1, -0.05) is 12.8 Å². The largest absolute Gasteiger partial charge is 0.497 e. The van der Waals surface area contributed by atoms with Gasteiger partial charge in [-0.05, 0) is 43.2 Å². The topological polar surface area (TPSA) is 74.3 Å². The minimum atomic E-state index is -0.218. The van der Waals surface area contributed by atoms with E-state index in [4.69, 9.17) is 18.9 Å². The summed E-state index contributed by atoms with van der Waals surface area (Å²) in [5.41, 5.74) is 1.15. The number of carbonyl (C=O) groups is 2. The Kier molecular flexibility index (Phi) is 6.63. The molecular weight excluding hydrogens is 410 g/mol. The second-order valence-electron chi connectivity index (χ2n) is 7.79. The maximum atomic E-state index is 12.8. The van der Waals surface area contributed by atoms with Crippen LogP contribution in [0.1, 0.15) is 41.6 Å². The van der Waals surface area contributed by atoms with Gasteiger partial charge in [-0.2, -0.15) is 0 Å². The van der Waals surface area contributed by atoms with Crippen molar-refractivity contribution in [1.82, 2.24) is 4.90 Å². The van der Waals surface area contributed by atoms with Gasteiger partial charge in [0.15, 0.2) is 12.4 Å². The molecule has 2 aromatic carbocycles. The summed E-state index contributed by atoms with van der Waals surface area (Å²) in [5.74, 6) is 2.09. The molecule has 168 valence electrons. The van der Waals surface area contributed by atoms with Crippen molar-refractivity contribution in [3.63, 3.8) is 0 Å². The summed E-state index contributed by atoms with van der Waals surface area (Å²) >= 11 is 0. The zero-order valence-electron chi connectivity index (χ0n) is 18.4. The highest BCUT2D eigenvalue weighted by atomic mass is 16.5. The summed E-state index contributed by atoms with van der Waals surface area (Å²) in [7, 11) is 3.13. The Balaban J connectivity index is 1.45. The van der Waals surface area contributed by atoms with Gasteiger partial charge in [-0.25, -0.2) is 0 Å². The van der Waals surface area contributed by atoms with Gasteiger partial charge in [0.1, 0.15) is 23.0 Å². The van der Waals surface area contributed by atoms with Crippen molar-refractivity contribution in [3.05, 3.63) is 53.3 Å². The fourth-order valence-corrected chi connectivity index (χ4v) is 3.89. The summed E-state index contributed by atoms with van der Waals surface area (Å²) in [6.07, 6.45) is 6.05. The summed E-state index contributed by atoms with van der Waals surface area (Å²) in [6.45, 7) is 1.54. The van der Waals surface area contributed by atoms with Gasteiger partial charge < -0.3 is 23.8 Å². The van der Waals surface area contributed by atoms with E-state index in [1.807, 2.05) is 4.90 Å². The predicted molar refractivity (Wildman–Crippen MR) is 119 cm³/mol. The number of amides is 1. The van der Waals surface area contributed by atoms with Crippen LogP contribution in [0.4, 0.5) is 0 Å². The third kappa shape index (κ3) is 4.72. The smallest absolute Gasteiger partial charge is 0.260 e. The Morgan fingerprint density at radius 3 is 2.47 bits per heavy atom. The molecule has 0 radical (unpaired) electrons. The molecule has 7 nitrogen and oxygen atoms in total. The molecule has 0 aromatic heterocycles. The number of likely N-dealkylation sites (tertiary alicyclic amines) is 1. The van der Waals surface area contributed by atoms with E-state index in [1.54, 1.807) is 56.7 Å². The fourth-order valence-electron chi connectivity index (χ4n) is 3.89. The SMILES string of the molecule is COc1ccc(C=C2Oc3cc(OCC(=O)N4CCCCCC4)ccc3C2=O)c(OC)c1. The summed E-state index contributed by atoms with van der Waals surface area (Å²) in [6, 6.07) is 10.3. The molecular formula is C25H27NO6. The van der Waals surface area contributed by atoms with E-state index in [0.717, 1.165) is 25.9 Å². The molecule has 0 bridgehead atoms. The minimum Gasteiger partial charge on any atom is -0.497 e. The van der Waals surface area contributed by atoms with Crippen molar-refractivity contribution in [2.45, 2.75) is 25.7 Å². The zero-order valence-corrected chi connectivity index (χ0v) is 18.4. The monoisotopic (exact) mass is 437 g/mol. The zero-order chi connectivity index (χ0) is 22.5. The number of allylic oxidation sites excluding steroid dienone is 1. The molecule has 2 aliphatic heterocycles. The summed E-state index contributed by atoms with van der Waals surface area (Å²) in [4.78, 5) is 27.1. The Morgan fingerprint density at radius 2 is 1.75 bits per heavy atom. The second kappa shape index (κ2) is 9.77. The maximum Gasteiger partial charge on any atom is 0.260 e. The number of Topliss-reactive ketones (excluding diaryl/α,β-unsaturated/α-hetero) is 1. The molecule has 0 spiro atoms. The number of ketones is 1. The van der Waals surface area contributed by atoms with Crippen LogP contribution < -0.4 is 18.9 Å². The minimum absolute atomic E-state index is 0.0171. The first-order valence-corrected chi connectivity index (χ1v) is 10.8. The van der Waals surface area contributed by atoms with Crippen LogP contribution in [0.3, 0.4) is 0 Å². The van der Waals surface area contributed by atoms with Crippen LogP contribution in [0, 0.1) is 0 Å². The van der Waals surface area contributed by atoms with E-state index < -0.39 is 0 Å². The van der Waals surface area contributed by atoms with Crippen LogP contribution in [-0.2, 0) is 4.79 Å². The van der Waals surface area contributed by atoms with Gasteiger partial charge >= 0.3 is 0 Å². The molecule has 2 aromatic rings. The van der Waals surface area contributed by atoms with Crippen LogP contribution in [-0.4, -0.2) is 50.5 Å². The van der Waals surface area contributed by atoms with Crippen molar-refractivity contribution >= 4 is 17.8 Å². The molecule has 0 saturated carbocycles. The molecule has 2 heterocycles. The molecule has 2 aliphatic rings. The lowest BCUT2D eigenvalue weighted by atomic mass is 10.1. The van der Waals surface area contributed by atoms with Crippen LogP contribution >= 0.6 is 0 Å². The van der Waals surface area contributed by atoms with Gasteiger partial charge in [0.25, 0.3) is 5.91 Å². The van der Waals surface area contributed by atoms with Crippen molar-refractivity contribution in [2.24, 2.45) is 0 Å². The first kappa shape index (κ1) is 21.7. The van der Waals surface area contributed by atoms with Crippen molar-refractivity contribution in [1.29, 1.82) is 0 Å². The number of hydrogen-bond acceptors (Lipinski definition) is 6. The molecule has 0 N–H and O–H groups in total. The Labute approximate surface area is 187 Å². The van der Waals surface area contributed by atoms with Crippen LogP contribution in [0.5, 0.6) is 23.0 Å². The third-order valence-corrected chi connectivity index (χ3v) is 5.69. The van der Waals surface area contributed by atoms with Crippen molar-refractivity contribution < 1.29 is 28.5 Å². The van der Waals surface area contributed by atoms with Gasteiger partial charge in [0.2, 0.25) is 5.78 Å². The lowest BCUT2D eigenvalue weighted by Gasteiger charge is -2.20. The molecule has 0 unspecified atom stereocenters. The van der Waals surface area contributed by atoms with Crippen LogP contribution in [0.2, 0.25) is 0 Å². The average molecular weight is 437 g/mol. The third-order valence-electron chi connectivity index (χ3n) is 5.69. The normalized spacial score (nSPS) is 16.9. The fraction of sp³-hybridized carbons (Fsp3) is 0.360. The molecule has 0 aliphatic carbocycles. The van der Waals surface area contributed by atoms with E-state index in [0.29, 0.717) is 34.1 Å². The maximum absolute atomic E-state index is 12.8. The number of hydrogen-bond donors (Lipinski definition) is 0.